The highest BCUT2D eigenvalue weighted by Gasteiger charge is 2.26. The van der Waals surface area contributed by atoms with Crippen molar-refractivity contribution in [2.24, 2.45) is 17.7 Å². The van der Waals surface area contributed by atoms with Crippen LogP contribution >= 0.6 is 0 Å². The smallest absolute Gasteiger partial charge is 0.0279 e. The molecular weight excluding hydrogens is 246 g/mol. The van der Waals surface area contributed by atoms with Gasteiger partial charge in [0.15, 0.2) is 0 Å². The van der Waals surface area contributed by atoms with E-state index in [0.29, 0.717) is 6.04 Å². The standard InChI is InChI=1S/C17H29N3/c1-2-3-4-14-5-7-16(8-6-14)17(20-18)13-15-9-11-19-12-10-15/h9-12,14,16-17,20H,2-8,13,18H2,1H3. The van der Waals surface area contributed by atoms with Crippen molar-refractivity contribution in [2.75, 3.05) is 0 Å². The van der Waals surface area contributed by atoms with Gasteiger partial charge in [0.05, 0.1) is 0 Å². The van der Waals surface area contributed by atoms with Gasteiger partial charge >= 0.3 is 0 Å². The summed E-state index contributed by atoms with van der Waals surface area (Å²) in [6.07, 6.45) is 14.3. The zero-order valence-electron chi connectivity index (χ0n) is 12.7. The molecule has 0 saturated heterocycles. The van der Waals surface area contributed by atoms with Crippen LogP contribution in [0.3, 0.4) is 0 Å². The van der Waals surface area contributed by atoms with Crippen molar-refractivity contribution >= 4 is 0 Å². The van der Waals surface area contributed by atoms with E-state index in [-0.39, 0.29) is 0 Å². The highest BCUT2D eigenvalue weighted by Crippen LogP contribution is 2.34. The maximum atomic E-state index is 5.80. The van der Waals surface area contributed by atoms with Crippen LogP contribution < -0.4 is 11.3 Å². The minimum absolute atomic E-state index is 0.407. The van der Waals surface area contributed by atoms with Gasteiger partial charge in [0, 0.05) is 18.4 Å². The molecule has 1 saturated carbocycles. The second-order valence-corrected chi connectivity index (χ2v) is 6.26. The van der Waals surface area contributed by atoms with Crippen molar-refractivity contribution in [1.29, 1.82) is 0 Å². The Morgan fingerprint density at radius 1 is 1.25 bits per heavy atom. The Labute approximate surface area is 123 Å². The van der Waals surface area contributed by atoms with Crippen molar-refractivity contribution in [3.05, 3.63) is 30.1 Å². The third-order valence-electron chi connectivity index (χ3n) is 4.85. The SMILES string of the molecule is CCCCC1CCC(C(Cc2ccncc2)NN)CC1. The van der Waals surface area contributed by atoms with Crippen molar-refractivity contribution in [3.63, 3.8) is 0 Å². The maximum absolute atomic E-state index is 5.80. The second kappa shape index (κ2) is 8.38. The Bertz CT molecular complexity index is 358. The minimum Gasteiger partial charge on any atom is -0.271 e. The molecule has 3 heteroatoms. The van der Waals surface area contributed by atoms with Gasteiger partial charge in [0.2, 0.25) is 0 Å². The number of hydrazine groups is 1. The van der Waals surface area contributed by atoms with E-state index in [2.05, 4.69) is 29.5 Å². The molecular formula is C17H29N3. The van der Waals surface area contributed by atoms with Crippen LogP contribution in [0.25, 0.3) is 0 Å². The molecule has 3 nitrogen and oxygen atoms in total. The lowest BCUT2D eigenvalue weighted by Gasteiger charge is -2.33. The molecule has 3 N–H and O–H groups in total. The number of pyridine rings is 1. The molecule has 0 spiro atoms. The first kappa shape index (κ1) is 15.5. The Morgan fingerprint density at radius 2 is 1.95 bits per heavy atom. The molecule has 1 unspecified atom stereocenters. The van der Waals surface area contributed by atoms with Gasteiger partial charge in [0.25, 0.3) is 0 Å². The number of rotatable bonds is 7. The first-order valence-corrected chi connectivity index (χ1v) is 8.18. The lowest BCUT2D eigenvalue weighted by Crippen LogP contribution is -2.43. The Morgan fingerprint density at radius 3 is 2.55 bits per heavy atom. The molecule has 0 radical (unpaired) electrons. The second-order valence-electron chi connectivity index (χ2n) is 6.26. The summed E-state index contributed by atoms with van der Waals surface area (Å²) in [6.45, 7) is 2.29. The molecule has 1 aromatic heterocycles. The minimum atomic E-state index is 0.407. The summed E-state index contributed by atoms with van der Waals surface area (Å²) in [4.78, 5) is 4.08. The number of nitrogens with one attached hydrogen (secondary N) is 1. The highest BCUT2D eigenvalue weighted by atomic mass is 15.2. The zero-order valence-corrected chi connectivity index (χ0v) is 12.7. The van der Waals surface area contributed by atoms with Gasteiger partial charge in [-0.1, -0.05) is 39.0 Å². The molecule has 1 atom stereocenters. The number of hydrogen-bond acceptors (Lipinski definition) is 3. The summed E-state index contributed by atoms with van der Waals surface area (Å²) >= 11 is 0. The summed E-state index contributed by atoms with van der Waals surface area (Å²) < 4.78 is 0. The normalized spacial score (nSPS) is 24.5. The number of aromatic nitrogens is 1. The Balaban J connectivity index is 1.81. The fourth-order valence-corrected chi connectivity index (χ4v) is 3.51. The summed E-state index contributed by atoms with van der Waals surface area (Å²) in [6, 6.07) is 4.60. The fraction of sp³-hybridized carbons (Fsp3) is 0.706. The van der Waals surface area contributed by atoms with Gasteiger partial charge in [-0.3, -0.25) is 16.3 Å². The topological polar surface area (TPSA) is 50.9 Å². The van der Waals surface area contributed by atoms with Gasteiger partial charge in [-0.15, -0.1) is 0 Å². The van der Waals surface area contributed by atoms with Crippen LogP contribution in [0.4, 0.5) is 0 Å². The van der Waals surface area contributed by atoms with Crippen molar-refractivity contribution < 1.29 is 0 Å². The molecule has 0 amide bonds. The molecule has 20 heavy (non-hydrogen) atoms. The molecule has 112 valence electrons. The molecule has 1 heterocycles. The summed E-state index contributed by atoms with van der Waals surface area (Å²) in [5.41, 5.74) is 4.39. The van der Waals surface area contributed by atoms with Crippen LogP contribution in [-0.4, -0.2) is 11.0 Å². The lowest BCUT2D eigenvalue weighted by atomic mass is 9.76. The fourth-order valence-electron chi connectivity index (χ4n) is 3.51. The van der Waals surface area contributed by atoms with Crippen LogP contribution in [0.1, 0.15) is 57.4 Å². The highest BCUT2D eigenvalue weighted by molar-refractivity contribution is 5.11. The molecule has 0 aromatic carbocycles. The third-order valence-corrected chi connectivity index (χ3v) is 4.85. The Hall–Kier alpha value is -0.930. The predicted octanol–water partition coefficient (Wildman–Crippen LogP) is 3.45. The monoisotopic (exact) mass is 275 g/mol. The van der Waals surface area contributed by atoms with Gasteiger partial charge in [-0.05, 0) is 48.8 Å². The van der Waals surface area contributed by atoms with Gasteiger partial charge < -0.3 is 0 Å². The molecule has 1 fully saturated rings. The summed E-state index contributed by atoms with van der Waals surface area (Å²) in [7, 11) is 0. The molecule has 2 rings (SSSR count). The van der Waals surface area contributed by atoms with E-state index in [1.54, 1.807) is 0 Å². The number of hydrogen-bond donors (Lipinski definition) is 2. The first-order chi connectivity index (χ1) is 9.83. The molecule has 0 aliphatic heterocycles. The van der Waals surface area contributed by atoms with E-state index >= 15 is 0 Å². The quantitative estimate of drug-likeness (QED) is 0.592. The number of unbranched alkanes of at least 4 members (excludes halogenated alkanes) is 1. The maximum Gasteiger partial charge on any atom is 0.0279 e. The van der Waals surface area contributed by atoms with Crippen LogP contribution in [0, 0.1) is 11.8 Å². The summed E-state index contributed by atoms with van der Waals surface area (Å²) in [5, 5.41) is 0. The van der Waals surface area contributed by atoms with Crippen LogP contribution in [0.15, 0.2) is 24.5 Å². The van der Waals surface area contributed by atoms with Crippen LogP contribution in [0.2, 0.25) is 0 Å². The van der Waals surface area contributed by atoms with Crippen molar-refractivity contribution in [3.8, 4) is 0 Å². The Kier molecular flexibility index (Phi) is 6.48. The van der Waals surface area contributed by atoms with E-state index in [9.17, 15) is 0 Å². The van der Waals surface area contributed by atoms with E-state index in [0.717, 1.165) is 18.3 Å². The van der Waals surface area contributed by atoms with E-state index < -0.39 is 0 Å². The van der Waals surface area contributed by atoms with Gasteiger partial charge in [-0.25, -0.2) is 0 Å². The van der Waals surface area contributed by atoms with E-state index in [1.165, 1.54) is 50.5 Å². The summed E-state index contributed by atoms with van der Waals surface area (Å²) in [5.74, 6) is 7.49. The molecule has 0 bridgehead atoms. The van der Waals surface area contributed by atoms with Crippen molar-refractivity contribution in [1.82, 2.24) is 10.4 Å². The zero-order chi connectivity index (χ0) is 14.2. The first-order valence-electron chi connectivity index (χ1n) is 8.18. The van der Waals surface area contributed by atoms with Crippen LogP contribution in [-0.2, 0) is 6.42 Å². The molecule has 1 aliphatic rings. The molecule has 1 aromatic rings. The van der Waals surface area contributed by atoms with Gasteiger partial charge in [-0.2, -0.15) is 0 Å². The third kappa shape index (κ3) is 4.57. The average Bonchev–Trinajstić information content (AvgIpc) is 2.52. The predicted molar refractivity (Wildman–Crippen MR) is 84.0 cm³/mol. The molecule has 1 aliphatic carbocycles. The van der Waals surface area contributed by atoms with Crippen LogP contribution in [0.5, 0.6) is 0 Å². The van der Waals surface area contributed by atoms with Gasteiger partial charge in [0.1, 0.15) is 0 Å². The lowest BCUT2D eigenvalue weighted by molar-refractivity contribution is 0.211. The number of nitrogens with zero attached hydrogens (tertiary/aromatic N) is 1. The van der Waals surface area contributed by atoms with E-state index in [1.807, 2.05) is 12.4 Å². The number of nitrogens with two attached hydrogens (primary N) is 1. The average molecular weight is 275 g/mol. The van der Waals surface area contributed by atoms with E-state index in [4.69, 9.17) is 5.84 Å². The largest absolute Gasteiger partial charge is 0.271 e. The van der Waals surface area contributed by atoms with Crippen molar-refractivity contribution in [2.45, 2.75) is 64.3 Å².